The van der Waals surface area contributed by atoms with E-state index in [-0.39, 0.29) is 11.9 Å². The molecule has 2 unspecified atom stereocenters. The molecule has 2 nitrogen and oxygen atoms in total. The summed E-state index contributed by atoms with van der Waals surface area (Å²) in [5.74, 6) is 6.24. The van der Waals surface area contributed by atoms with Crippen LogP contribution in [0.1, 0.15) is 50.7 Å². The summed E-state index contributed by atoms with van der Waals surface area (Å²) >= 11 is 0. The van der Waals surface area contributed by atoms with Gasteiger partial charge in [0.25, 0.3) is 0 Å². The van der Waals surface area contributed by atoms with Crippen molar-refractivity contribution in [3.63, 3.8) is 0 Å². The lowest BCUT2D eigenvalue weighted by atomic mass is 9.65. The van der Waals surface area contributed by atoms with Gasteiger partial charge < -0.3 is 0 Å². The van der Waals surface area contributed by atoms with Crippen LogP contribution in [0.25, 0.3) is 0 Å². The highest BCUT2D eigenvalue weighted by molar-refractivity contribution is 5.27. The molecule has 2 atom stereocenters. The van der Waals surface area contributed by atoms with Gasteiger partial charge in [0.1, 0.15) is 5.82 Å². The summed E-state index contributed by atoms with van der Waals surface area (Å²) < 4.78 is 13.2. The fourth-order valence-electron chi connectivity index (χ4n) is 3.71. The van der Waals surface area contributed by atoms with Crippen LogP contribution in [0.15, 0.2) is 18.2 Å². The van der Waals surface area contributed by atoms with Gasteiger partial charge in [0.05, 0.1) is 0 Å². The van der Waals surface area contributed by atoms with Crippen molar-refractivity contribution in [1.82, 2.24) is 5.43 Å². The molecule has 0 heterocycles. The fraction of sp³-hybridized carbons (Fsp3) is 0.647. The third-order valence-corrected chi connectivity index (χ3v) is 5.03. The normalized spacial score (nSPS) is 23.6. The standard InChI is InChI=1S/C17H27FN2/c1-12-10-14(18)8-7-13(12)11-16(20-19)15-6-4-5-9-17(15,2)3/h7-8,10,15-16,20H,4-6,9,11,19H2,1-3H3. The molecule has 1 aromatic rings. The minimum atomic E-state index is -0.165. The van der Waals surface area contributed by atoms with E-state index in [1.54, 1.807) is 12.1 Å². The van der Waals surface area contributed by atoms with Crippen LogP contribution in [0.2, 0.25) is 0 Å². The lowest BCUT2D eigenvalue weighted by Crippen LogP contribution is -2.48. The Morgan fingerprint density at radius 3 is 2.75 bits per heavy atom. The first-order valence-corrected chi connectivity index (χ1v) is 7.65. The molecule has 0 aromatic heterocycles. The van der Waals surface area contributed by atoms with Gasteiger partial charge in [0.15, 0.2) is 0 Å². The molecule has 1 saturated carbocycles. The molecule has 2 rings (SSSR count). The Balaban J connectivity index is 2.15. The van der Waals surface area contributed by atoms with Gasteiger partial charge in [0.2, 0.25) is 0 Å². The fourth-order valence-corrected chi connectivity index (χ4v) is 3.71. The Labute approximate surface area is 121 Å². The lowest BCUT2D eigenvalue weighted by Gasteiger charge is -2.43. The number of nitrogens with one attached hydrogen (secondary N) is 1. The van der Waals surface area contributed by atoms with Crippen LogP contribution < -0.4 is 11.3 Å². The molecule has 1 aliphatic carbocycles. The molecular weight excluding hydrogens is 251 g/mol. The highest BCUT2D eigenvalue weighted by Gasteiger charge is 2.37. The molecule has 0 bridgehead atoms. The maximum absolute atomic E-state index is 13.2. The number of nitrogens with two attached hydrogens (primary N) is 1. The monoisotopic (exact) mass is 278 g/mol. The zero-order valence-electron chi connectivity index (χ0n) is 12.9. The van der Waals surface area contributed by atoms with Gasteiger partial charge in [-0.1, -0.05) is 32.8 Å². The van der Waals surface area contributed by atoms with Gasteiger partial charge >= 0.3 is 0 Å². The van der Waals surface area contributed by atoms with E-state index >= 15 is 0 Å². The van der Waals surface area contributed by atoms with E-state index in [9.17, 15) is 4.39 Å². The number of hydrogen-bond donors (Lipinski definition) is 2. The van der Waals surface area contributed by atoms with Crippen LogP contribution in [0.3, 0.4) is 0 Å². The van der Waals surface area contributed by atoms with Gasteiger partial charge in [-0.3, -0.25) is 11.3 Å². The van der Waals surface area contributed by atoms with Crippen LogP contribution in [-0.2, 0) is 6.42 Å². The number of benzene rings is 1. The summed E-state index contributed by atoms with van der Waals surface area (Å²) in [6.07, 6.45) is 5.96. The minimum Gasteiger partial charge on any atom is -0.271 e. The van der Waals surface area contributed by atoms with Crippen LogP contribution in [0.5, 0.6) is 0 Å². The molecule has 20 heavy (non-hydrogen) atoms. The molecule has 0 saturated heterocycles. The molecule has 3 heteroatoms. The van der Waals surface area contributed by atoms with E-state index in [4.69, 9.17) is 5.84 Å². The highest BCUT2D eigenvalue weighted by atomic mass is 19.1. The molecule has 0 radical (unpaired) electrons. The van der Waals surface area contributed by atoms with Crippen LogP contribution in [0.4, 0.5) is 4.39 Å². The molecular formula is C17H27FN2. The molecule has 1 aromatic carbocycles. The summed E-state index contributed by atoms with van der Waals surface area (Å²) in [6, 6.07) is 5.30. The second-order valence-electron chi connectivity index (χ2n) is 6.89. The predicted octanol–water partition coefficient (Wildman–Crippen LogP) is 3.72. The van der Waals surface area contributed by atoms with Crippen LogP contribution in [-0.4, -0.2) is 6.04 Å². The highest BCUT2D eigenvalue weighted by Crippen LogP contribution is 2.42. The Bertz CT molecular complexity index is 456. The first-order valence-electron chi connectivity index (χ1n) is 7.65. The molecule has 1 aliphatic rings. The summed E-state index contributed by atoms with van der Waals surface area (Å²) in [4.78, 5) is 0. The Morgan fingerprint density at radius 1 is 1.40 bits per heavy atom. The molecule has 112 valence electrons. The van der Waals surface area contributed by atoms with E-state index in [2.05, 4.69) is 19.3 Å². The van der Waals surface area contributed by atoms with Crippen molar-refractivity contribution in [3.05, 3.63) is 35.1 Å². The summed E-state index contributed by atoms with van der Waals surface area (Å²) in [5, 5.41) is 0. The summed E-state index contributed by atoms with van der Waals surface area (Å²) in [6.45, 7) is 6.66. The van der Waals surface area contributed by atoms with Crippen LogP contribution in [0, 0.1) is 24.1 Å². The zero-order valence-corrected chi connectivity index (χ0v) is 12.9. The van der Waals surface area contributed by atoms with E-state index in [1.165, 1.54) is 31.2 Å². The lowest BCUT2D eigenvalue weighted by molar-refractivity contribution is 0.0981. The molecule has 1 fully saturated rings. The summed E-state index contributed by atoms with van der Waals surface area (Å²) in [5.41, 5.74) is 5.55. The van der Waals surface area contributed by atoms with E-state index in [0.717, 1.165) is 12.0 Å². The maximum Gasteiger partial charge on any atom is 0.123 e. The topological polar surface area (TPSA) is 38.0 Å². The average Bonchev–Trinajstić information content (AvgIpc) is 2.38. The van der Waals surface area contributed by atoms with Crippen LogP contribution >= 0.6 is 0 Å². The van der Waals surface area contributed by atoms with Crippen molar-refractivity contribution < 1.29 is 4.39 Å². The van der Waals surface area contributed by atoms with Crippen molar-refractivity contribution in [2.75, 3.05) is 0 Å². The second-order valence-corrected chi connectivity index (χ2v) is 6.89. The second kappa shape index (κ2) is 6.23. The van der Waals surface area contributed by atoms with E-state index in [1.807, 2.05) is 13.0 Å². The van der Waals surface area contributed by atoms with E-state index < -0.39 is 0 Å². The minimum absolute atomic E-state index is 0.165. The average molecular weight is 278 g/mol. The zero-order chi connectivity index (χ0) is 14.8. The summed E-state index contributed by atoms with van der Waals surface area (Å²) in [7, 11) is 0. The number of aryl methyl sites for hydroxylation is 1. The first kappa shape index (κ1) is 15.5. The maximum atomic E-state index is 13.2. The van der Waals surface area contributed by atoms with E-state index in [0.29, 0.717) is 11.3 Å². The number of halogens is 1. The Hall–Kier alpha value is -0.930. The SMILES string of the molecule is Cc1cc(F)ccc1CC(NN)C1CCCCC1(C)C. The van der Waals surface area contributed by atoms with Gasteiger partial charge in [-0.15, -0.1) is 0 Å². The van der Waals surface area contributed by atoms with Gasteiger partial charge in [-0.25, -0.2) is 4.39 Å². The predicted molar refractivity (Wildman–Crippen MR) is 81.7 cm³/mol. The number of hydrogen-bond acceptors (Lipinski definition) is 2. The van der Waals surface area contributed by atoms with Gasteiger partial charge in [-0.05, 0) is 60.8 Å². The largest absolute Gasteiger partial charge is 0.271 e. The Morgan fingerprint density at radius 2 is 2.15 bits per heavy atom. The number of hydrazine groups is 1. The Kier molecular flexibility index (Phi) is 4.82. The van der Waals surface area contributed by atoms with Gasteiger partial charge in [0, 0.05) is 6.04 Å². The van der Waals surface area contributed by atoms with Crippen molar-refractivity contribution in [1.29, 1.82) is 0 Å². The van der Waals surface area contributed by atoms with Crippen molar-refractivity contribution in [2.24, 2.45) is 17.2 Å². The molecule has 0 amide bonds. The van der Waals surface area contributed by atoms with Crippen molar-refractivity contribution in [3.8, 4) is 0 Å². The van der Waals surface area contributed by atoms with Gasteiger partial charge in [-0.2, -0.15) is 0 Å². The third-order valence-electron chi connectivity index (χ3n) is 5.03. The smallest absolute Gasteiger partial charge is 0.123 e. The van der Waals surface area contributed by atoms with Crippen molar-refractivity contribution >= 4 is 0 Å². The third kappa shape index (κ3) is 3.39. The quantitative estimate of drug-likeness (QED) is 0.650. The molecule has 0 aliphatic heterocycles. The first-order chi connectivity index (χ1) is 9.44. The number of rotatable bonds is 4. The molecule has 3 N–H and O–H groups in total. The molecule has 0 spiro atoms. The van der Waals surface area contributed by atoms with Crippen molar-refractivity contribution in [2.45, 2.75) is 58.9 Å².